The molecular formula is C11H20O2. The molecule has 76 valence electrons. The van der Waals surface area contributed by atoms with E-state index in [0.717, 1.165) is 12.8 Å². The maximum Gasteiger partial charge on any atom is 0.333 e. The molecule has 0 radical (unpaired) electrons. The van der Waals surface area contributed by atoms with E-state index < -0.39 is 0 Å². The highest BCUT2D eigenvalue weighted by Crippen LogP contribution is 2.04. The molecule has 0 fully saturated rings. The SMILES string of the molecule is C/C=C(\C)C(=O)OCCCC(C)C. The zero-order valence-corrected chi connectivity index (χ0v) is 9.09. The Morgan fingerprint density at radius 3 is 2.54 bits per heavy atom. The number of carbonyl (C=O) groups excluding carboxylic acids is 1. The van der Waals surface area contributed by atoms with Crippen molar-refractivity contribution in [1.29, 1.82) is 0 Å². The maximum atomic E-state index is 11.1. The van der Waals surface area contributed by atoms with Crippen LogP contribution in [0.4, 0.5) is 0 Å². The van der Waals surface area contributed by atoms with Crippen molar-refractivity contribution in [2.24, 2.45) is 5.92 Å². The van der Waals surface area contributed by atoms with Gasteiger partial charge in [0.15, 0.2) is 0 Å². The summed E-state index contributed by atoms with van der Waals surface area (Å²) in [5.74, 6) is 0.493. The maximum absolute atomic E-state index is 11.1. The van der Waals surface area contributed by atoms with E-state index in [1.807, 2.05) is 6.92 Å². The zero-order chi connectivity index (χ0) is 10.3. The van der Waals surface area contributed by atoms with Gasteiger partial charge in [-0.15, -0.1) is 0 Å². The predicted molar refractivity (Wildman–Crippen MR) is 54.5 cm³/mol. The van der Waals surface area contributed by atoms with E-state index in [-0.39, 0.29) is 5.97 Å². The number of rotatable bonds is 5. The summed E-state index contributed by atoms with van der Waals surface area (Å²) in [5, 5.41) is 0. The van der Waals surface area contributed by atoms with Gasteiger partial charge in [0.05, 0.1) is 6.61 Å². The number of allylic oxidation sites excluding steroid dienone is 1. The average molecular weight is 184 g/mol. The lowest BCUT2D eigenvalue weighted by Crippen LogP contribution is -2.07. The van der Waals surface area contributed by atoms with Gasteiger partial charge in [-0.25, -0.2) is 4.79 Å². The van der Waals surface area contributed by atoms with Crippen LogP contribution in [-0.2, 0) is 9.53 Å². The number of esters is 1. The Bertz CT molecular complexity index is 181. The van der Waals surface area contributed by atoms with Crippen LogP contribution >= 0.6 is 0 Å². The van der Waals surface area contributed by atoms with Crippen molar-refractivity contribution in [3.8, 4) is 0 Å². The molecule has 0 rings (SSSR count). The molecule has 0 aromatic carbocycles. The van der Waals surface area contributed by atoms with Crippen LogP contribution in [0.15, 0.2) is 11.6 Å². The molecule has 0 aliphatic heterocycles. The summed E-state index contributed by atoms with van der Waals surface area (Å²) in [6.45, 7) is 8.48. The first kappa shape index (κ1) is 12.2. The molecule has 0 atom stereocenters. The quantitative estimate of drug-likeness (QED) is 0.373. The van der Waals surface area contributed by atoms with Crippen LogP contribution in [0.1, 0.15) is 40.5 Å². The van der Waals surface area contributed by atoms with Gasteiger partial charge in [0, 0.05) is 5.57 Å². The van der Waals surface area contributed by atoms with Crippen molar-refractivity contribution in [3.63, 3.8) is 0 Å². The van der Waals surface area contributed by atoms with Gasteiger partial charge in [0.2, 0.25) is 0 Å². The second-order valence-corrected chi connectivity index (χ2v) is 3.64. The zero-order valence-electron chi connectivity index (χ0n) is 9.09. The summed E-state index contributed by atoms with van der Waals surface area (Å²) in [6, 6.07) is 0. The largest absolute Gasteiger partial charge is 0.462 e. The number of hydrogen-bond acceptors (Lipinski definition) is 2. The van der Waals surface area contributed by atoms with Gasteiger partial charge >= 0.3 is 5.97 Å². The fourth-order valence-corrected chi connectivity index (χ4v) is 0.888. The first-order valence-electron chi connectivity index (χ1n) is 4.88. The van der Waals surface area contributed by atoms with Gasteiger partial charge in [0.25, 0.3) is 0 Å². The molecule has 0 spiro atoms. The van der Waals surface area contributed by atoms with Gasteiger partial charge in [-0.05, 0) is 32.6 Å². The normalized spacial score (nSPS) is 11.9. The molecule has 0 aromatic rings. The van der Waals surface area contributed by atoms with Crippen LogP contribution in [0.3, 0.4) is 0 Å². The monoisotopic (exact) mass is 184 g/mol. The average Bonchev–Trinajstić information content (AvgIpc) is 2.10. The molecule has 2 nitrogen and oxygen atoms in total. The van der Waals surface area contributed by atoms with Crippen LogP contribution in [0.5, 0.6) is 0 Å². The highest BCUT2D eigenvalue weighted by molar-refractivity contribution is 5.87. The van der Waals surface area contributed by atoms with Crippen molar-refractivity contribution in [2.75, 3.05) is 6.61 Å². The minimum atomic E-state index is -0.189. The van der Waals surface area contributed by atoms with Crippen LogP contribution in [0.25, 0.3) is 0 Å². The first-order chi connectivity index (χ1) is 6.07. The van der Waals surface area contributed by atoms with Gasteiger partial charge in [-0.1, -0.05) is 19.9 Å². The Balaban J connectivity index is 3.49. The Hall–Kier alpha value is -0.790. The van der Waals surface area contributed by atoms with Crippen molar-refractivity contribution >= 4 is 5.97 Å². The molecule has 0 aliphatic carbocycles. The minimum absolute atomic E-state index is 0.189. The lowest BCUT2D eigenvalue weighted by Gasteiger charge is -2.06. The summed E-state index contributed by atoms with van der Waals surface area (Å²) in [5.41, 5.74) is 0.685. The van der Waals surface area contributed by atoms with Crippen molar-refractivity contribution in [3.05, 3.63) is 11.6 Å². The molecule has 13 heavy (non-hydrogen) atoms. The second-order valence-electron chi connectivity index (χ2n) is 3.64. The molecule has 0 aliphatic rings. The lowest BCUT2D eigenvalue weighted by atomic mass is 10.1. The molecule has 0 saturated heterocycles. The van der Waals surface area contributed by atoms with E-state index >= 15 is 0 Å². The Kier molecular flexibility index (Phi) is 6.29. The highest BCUT2D eigenvalue weighted by atomic mass is 16.5. The van der Waals surface area contributed by atoms with E-state index in [0.29, 0.717) is 18.1 Å². The van der Waals surface area contributed by atoms with Crippen LogP contribution < -0.4 is 0 Å². The van der Waals surface area contributed by atoms with E-state index in [1.165, 1.54) is 0 Å². The third-order valence-electron chi connectivity index (χ3n) is 1.91. The Morgan fingerprint density at radius 1 is 1.46 bits per heavy atom. The summed E-state index contributed by atoms with van der Waals surface area (Å²) in [4.78, 5) is 11.1. The van der Waals surface area contributed by atoms with Crippen LogP contribution in [-0.4, -0.2) is 12.6 Å². The van der Waals surface area contributed by atoms with Crippen molar-refractivity contribution < 1.29 is 9.53 Å². The van der Waals surface area contributed by atoms with Gasteiger partial charge in [-0.2, -0.15) is 0 Å². The van der Waals surface area contributed by atoms with E-state index in [1.54, 1.807) is 13.0 Å². The van der Waals surface area contributed by atoms with Gasteiger partial charge in [-0.3, -0.25) is 0 Å². The van der Waals surface area contributed by atoms with Crippen molar-refractivity contribution in [1.82, 2.24) is 0 Å². The standard InChI is InChI=1S/C11H20O2/c1-5-10(4)11(12)13-8-6-7-9(2)3/h5,9H,6-8H2,1-4H3/b10-5+. The molecule has 0 N–H and O–H groups in total. The summed E-state index contributed by atoms with van der Waals surface area (Å²) < 4.78 is 5.04. The summed E-state index contributed by atoms with van der Waals surface area (Å²) >= 11 is 0. The molecule has 0 amide bonds. The van der Waals surface area contributed by atoms with Gasteiger partial charge in [0.1, 0.15) is 0 Å². The van der Waals surface area contributed by atoms with Crippen LogP contribution in [0.2, 0.25) is 0 Å². The molecule has 0 heterocycles. The smallest absolute Gasteiger partial charge is 0.333 e. The van der Waals surface area contributed by atoms with Crippen molar-refractivity contribution in [2.45, 2.75) is 40.5 Å². The lowest BCUT2D eigenvalue weighted by molar-refractivity contribution is -0.139. The number of ether oxygens (including phenoxy) is 1. The third kappa shape index (κ3) is 6.38. The molecule has 0 saturated carbocycles. The minimum Gasteiger partial charge on any atom is -0.462 e. The Labute approximate surface area is 81.0 Å². The fraction of sp³-hybridized carbons (Fsp3) is 0.727. The first-order valence-corrected chi connectivity index (χ1v) is 4.88. The molecule has 0 aromatic heterocycles. The summed E-state index contributed by atoms with van der Waals surface area (Å²) in [6.07, 6.45) is 3.84. The predicted octanol–water partition coefficient (Wildman–Crippen LogP) is 2.93. The van der Waals surface area contributed by atoms with E-state index in [2.05, 4.69) is 13.8 Å². The van der Waals surface area contributed by atoms with Crippen LogP contribution in [0, 0.1) is 5.92 Å². The fourth-order valence-electron chi connectivity index (χ4n) is 0.888. The highest BCUT2D eigenvalue weighted by Gasteiger charge is 2.03. The Morgan fingerprint density at radius 2 is 2.08 bits per heavy atom. The second kappa shape index (κ2) is 6.70. The number of hydrogen-bond donors (Lipinski definition) is 0. The topological polar surface area (TPSA) is 26.3 Å². The van der Waals surface area contributed by atoms with Gasteiger partial charge < -0.3 is 4.74 Å². The summed E-state index contributed by atoms with van der Waals surface area (Å²) in [7, 11) is 0. The van der Waals surface area contributed by atoms with E-state index in [9.17, 15) is 4.79 Å². The molecule has 0 bridgehead atoms. The third-order valence-corrected chi connectivity index (χ3v) is 1.91. The molecular weight excluding hydrogens is 164 g/mol. The number of carbonyl (C=O) groups is 1. The molecule has 2 heteroatoms. The van der Waals surface area contributed by atoms with E-state index in [4.69, 9.17) is 4.74 Å². The molecule has 0 unspecified atom stereocenters.